The number of nitrogens with two attached hydrogens (primary N) is 2. The van der Waals surface area contributed by atoms with Gasteiger partial charge in [0.25, 0.3) is 0 Å². The molecule has 1 aliphatic rings. The van der Waals surface area contributed by atoms with Crippen LogP contribution in [-0.2, 0) is 14.8 Å². The van der Waals surface area contributed by atoms with E-state index in [1.807, 2.05) is 0 Å². The fourth-order valence-corrected chi connectivity index (χ4v) is 4.87. The largest absolute Gasteiger partial charge is 0.457 e. The maximum atomic E-state index is 12.8. The second-order valence-electron chi connectivity index (χ2n) is 7.25. The van der Waals surface area contributed by atoms with E-state index in [0.717, 1.165) is 17.6 Å². The molecule has 3 rings (SSSR count). The molecule has 1 fully saturated rings. The Morgan fingerprint density at radius 1 is 1.19 bits per heavy atom. The molecule has 1 aliphatic heterocycles. The number of carbonyl (C=O) groups excluding carboxylic acids is 3. The highest BCUT2D eigenvalue weighted by Crippen LogP contribution is 2.36. The van der Waals surface area contributed by atoms with Crippen LogP contribution in [-0.4, -0.2) is 56.8 Å². The zero-order valence-electron chi connectivity index (χ0n) is 17.2. The Kier molecular flexibility index (Phi) is 6.89. The number of piperidine rings is 1. The van der Waals surface area contributed by atoms with Gasteiger partial charge in [-0.05, 0) is 36.6 Å². The molecule has 1 saturated heterocycles. The van der Waals surface area contributed by atoms with Crippen molar-refractivity contribution in [2.45, 2.75) is 18.9 Å². The number of benzene rings is 1. The van der Waals surface area contributed by atoms with Gasteiger partial charge in [0.2, 0.25) is 10.0 Å². The van der Waals surface area contributed by atoms with Crippen LogP contribution in [0.4, 0.5) is 20.3 Å². The Labute approximate surface area is 188 Å². The maximum Gasteiger partial charge on any atom is 0.341 e. The number of sulfonamides is 1. The van der Waals surface area contributed by atoms with Gasteiger partial charge in [0.05, 0.1) is 18.4 Å². The fourth-order valence-electron chi connectivity index (χ4n) is 3.26. The number of anilines is 2. The van der Waals surface area contributed by atoms with E-state index in [-0.39, 0.29) is 17.1 Å². The predicted octanol–water partition coefficient (Wildman–Crippen LogP) is 1.98. The predicted molar refractivity (Wildman–Crippen MR) is 121 cm³/mol. The number of thiophene rings is 1. The first-order valence-corrected chi connectivity index (χ1v) is 12.3. The summed E-state index contributed by atoms with van der Waals surface area (Å²) < 4.78 is 30.6. The third-order valence-corrected chi connectivity index (χ3v) is 6.33. The standard InChI is InChI=1S/C19H23N5O6S2/c1-32(28,29)23-12-6-4-11(5-7-12)15-9-14(16(31-15)22-18(20)26)17(25)30-13-3-2-8-24(10-13)19(21)27/h4-7,9,13,23H,2-3,8,10H2,1H3,(H2,21,27)(H3,20,22,26). The smallest absolute Gasteiger partial charge is 0.341 e. The van der Waals surface area contributed by atoms with Crippen molar-refractivity contribution in [1.29, 1.82) is 0 Å². The molecular formula is C19H23N5O6S2. The van der Waals surface area contributed by atoms with Crippen LogP contribution in [0.5, 0.6) is 0 Å². The number of carbonyl (C=O) groups is 3. The number of ether oxygens (including phenoxy) is 1. The molecule has 0 saturated carbocycles. The van der Waals surface area contributed by atoms with Gasteiger partial charge >= 0.3 is 18.0 Å². The van der Waals surface area contributed by atoms with Crippen LogP contribution in [0, 0.1) is 0 Å². The average molecular weight is 482 g/mol. The Morgan fingerprint density at radius 3 is 2.47 bits per heavy atom. The van der Waals surface area contributed by atoms with Gasteiger partial charge in [-0.2, -0.15) is 0 Å². The van der Waals surface area contributed by atoms with Crippen molar-refractivity contribution in [3.05, 3.63) is 35.9 Å². The van der Waals surface area contributed by atoms with Crippen molar-refractivity contribution >= 4 is 50.1 Å². The van der Waals surface area contributed by atoms with Crippen molar-refractivity contribution in [3.63, 3.8) is 0 Å². The highest BCUT2D eigenvalue weighted by atomic mass is 32.2. The second kappa shape index (κ2) is 9.44. The summed E-state index contributed by atoms with van der Waals surface area (Å²) in [6.07, 6.45) is 1.76. The number of primary amides is 2. The summed E-state index contributed by atoms with van der Waals surface area (Å²) in [4.78, 5) is 37.7. The quantitative estimate of drug-likeness (QED) is 0.459. The molecule has 6 N–H and O–H groups in total. The molecule has 1 unspecified atom stereocenters. The topological polar surface area (TPSA) is 174 Å². The van der Waals surface area contributed by atoms with Crippen LogP contribution < -0.4 is 21.5 Å². The minimum Gasteiger partial charge on any atom is -0.457 e. The number of esters is 1. The molecule has 13 heteroatoms. The van der Waals surface area contributed by atoms with Gasteiger partial charge in [-0.1, -0.05) is 12.1 Å². The third-order valence-electron chi connectivity index (χ3n) is 4.62. The molecule has 32 heavy (non-hydrogen) atoms. The Bertz CT molecular complexity index is 1130. The summed E-state index contributed by atoms with van der Waals surface area (Å²) in [5, 5.41) is 2.65. The van der Waals surface area contributed by atoms with Crippen molar-refractivity contribution < 1.29 is 27.5 Å². The minimum absolute atomic E-state index is 0.123. The number of hydrogen-bond donors (Lipinski definition) is 4. The van der Waals surface area contributed by atoms with Gasteiger partial charge in [-0.15, -0.1) is 11.3 Å². The molecular weight excluding hydrogens is 458 g/mol. The van der Waals surface area contributed by atoms with E-state index < -0.39 is 34.2 Å². The van der Waals surface area contributed by atoms with Crippen molar-refractivity contribution in [2.24, 2.45) is 11.5 Å². The van der Waals surface area contributed by atoms with Gasteiger partial charge in [0.15, 0.2) is 0 Å². The van der Waals surface area contributed by atoms with Gasteiger partial charge < -0.3 is 21.1 Å². The molecule has 0 aliphatic carbocycles. The van der Waals surface area contributed by atoms with E-state index in [9.17, 15) is 22.8 Å². The van der Waals surface area contributed by atoms with Gasteiger partial charge in [0, 0.05) is 17.1 Å². The lowest BCUT2D eigenvalue weighted by molar-refractivity contribution is 0.0129. The molecule has 11 nitrogen and oxygen atoms in total. The maximum absolute atomic E-state index is 12.8. The molecule has 2 heterocycles. The monoisotopic (exact) mass is 481 g/mol. The molecule has 4 amide bonds. The number of urea groups is 2. The van der Waals surface area contributed by atoms with E-state index in [4.69, 9.17) is 16.2 Å². The summed E-state index contributed by atoms with van der Waals surface area (Å²) in [5.74, 6) is -0.664. The van der Waals surface area contributed by atoms with Crippen LogP contribution in [0.3, 0.4) is 0 Å². The first-order chi connectivity index (χ1) is 15.0. The summed E-state index contributed by atoms with van der Waals surface area (Å²) in [6, 6.07) is 6.66. The number of nitrogens with zero attached hydrogens (tertiary/aromatic N) is 1. The Balaban J connectivity index is 1.82. The lowest BCUT2D eigenvalue weighted by atomic mass is 10.1. The highest BCUT2D eigenvalue weighted by Gasteiger charge is 2.27. The molecule has 0 spiro atoms. The summed E-state index contributed by atoms with van der Waals surface area (Å²) >= 11 is 1.12. The number of rotatable bonds is 6. The first kappa shape index (κ1) is 23.3. The zero-order valence-corrected chi connectivity index (χ0v) is 18.8. The van der Waals surface area contributed by atoms with Crippen LogP contribution >= 0.6 is 11.3 Å². The van der Waals surface area contributed by atoms with E-state index in [1.54, 1.807) is 30.3 Å². The number of amides is 4. The third kappa shape index (κ3) is 6.11. The molecule has 1 aromatic heterocycles. The summed E-state index contributed by atoms with van der Waals surface area (Å²) in [5.41, 5.74) is 11.8. The molecule has 172 valence electrons. The Hall–Kier alpha value is -3.32. The average Bonchev–Trinajstić information content (AvgIpc) is 3.10. The lowest BCUT2D eigenvalue weighted by Crippen LogP contribution is -2.46. The van der Waals surface area contributed by atoms with Crippen LogP contribution in [0.25, 0.3) is 10.4 Å². The van der Waals surface area contributed by atoms with Gasteiger partial charge in [0.1, 0.15) is 11.1 Å². The van der Waals surface area contributed by atoms with E-state index in [2.05, 4.69) is 10.0 Å². The summed E-state index contributed by atoms with van der Waals surface area (Å²) in [7, 11) is -3.41. The van der Waals surface area contributed by atoms with Crippen LogP contribution in [0.15, 0.2) is 30.3 Å². The van der Waals surface area contributed by atoms with Crippen molar-refractivity contribution in [1.82, 2.24) is 4.90 Å². The SMILES string of the molecule is CS(=O)(=O)Nc1ccc(-c2cc(C(=O)OC3CCCN(C(N)=O)C3)c(NC(N)=O)s2)cc1. The number of likely N-dealkylation sites (tertiary alicyclic amines) is 1. The van der Waals surface area contributed by atoms with E-state index in [1.165, 1.54) is 4.90 Å². The van der Waals surface area contributed by atoms with E-state index >= 15 is 0 Å². The fraction of sp³-hybridized carbons (Fsp3) is 0.316. The minimum atomic E-state index is -3.41. The highest BCUT2D eigenvalue weighted by molar-refractivity contribution is 7.92. The normalized spacial score (nSPS) is 16.3. The number of nitrogens with one attached hydrogen (secondary N) is 2. The molecule has 1 aromatic carbocycles. The van der Waals surface area contributed by atoms with E-state index in [0.29, 0.717) is 35.5 Å². The molecule has 0 radical (unpaired) electrons. The van der Waals surface area contributed by atoms with Gasteiger partial charge in [-0.25, -0.2) is 22.8 Å². The van der Waals surface area contributed by atoms with Crippen molar-refractivity contribution in [3.8, 4) is 10.4 Å². The van der Waals surface area contributed by atoms with Crippen LogP contribution in [0.2, 0.25) is 0 Å². The molecule has 0 bridgehead atoms. The molecule has 2 aromatic rings. The summed E-state index contributed by atoms with van der Waals surface area (Å²) in [6.45, 7) is 0.704. The lowest BCUT2D eigenvalue weighted by Gasteiger charge is -2.31. The Morgan fingerprint density at radius 2 is 1.88 bits per heavy atom. The number of hydrogen-bond acceptors (Lipinski definition) is 7. The second-order valence-corrected chi connectivity index (χ2v) is 10.0. The van der Waals surface area contributed by atoms with Crippen LogP contribution in [0.1, 0.15) is 23.2 Å². The first-order valence-electron chi connectivity index (χ1n) is 9.55. The van der Waals surface area contributed by atoms with Gasteiger partial charge in [-0.3, -0.25) is 10.0 Å². The zero-order chi connectivity index (χ0) is 23.5. The van der Waals surface area contributed by atoms with Crippen molar-refractivity contribution in [2.75, 3.05) is 29.4 Å². The molecule has 1 atom stereocenters.